The molecule has 3 heteroatoms. The first-order chi connectivity index (χ1) is 11.8. The summed E-state index contributed by atoms with van der Waals surface area (Å²) < 4.78 is 8.18. The van der Waals surface area contributed by atoms with Crippen molar-refractivity contribution in [1.82, 2.24) is 4.57 Å². The molecule has 3 aromatic carbocycles. The summed E-state index contributed by atoms with van der Waals surface area (Å²) in [6, 6.07) is 27.2. The van der Waals surface area contributed by atoms with Crippen LogP contribution in [0.1, 0.15) is 0 Å². The van der Waals surface area contributed by atoms with E-state index in [2.05, 4.69) is 60.1 Å². The van der Waals surface area contributed by atoms with E-state index in [0.29, 0.717) is 6.35 Å². The van der Waals surface area contributed by atoms with E-state index in [0.717, 1.165) is 5.75 Å². The molecule has 118 valence electrons. The van der Waals surface area contributed by atoms with Crippen molar-refractivity contribution in [3.05, 3.63) is 83.8 Å². The molecule has 0 saturated heterocycles. The van der Waals surface area contributed by atoms with Crippen molar-refractivity contribution >= 4 is 30.0 Å². The zero-order chi connectivity index (χ0) is 16.4. The molecule has 0 N–H and O–H groups in total. The smallest absolute Gasteiger partial charge is 0.130 e. The first-order valence-corrected chi connectivity index (χ1v) is 9.07. The second-order valence-electron chi connectivity index (χ2n) is 5.69. The van der Waals surface area contributed by atoms with Gasteiger partial charge in [-0.15, -0.1) is 0 Å². The highest BCUT2D eigenvalue weighted by atomic mass is 31.1. The number of hydrogen-bond acceptors (Lipinski definition) is 1. The van der Waals surface area contributed by atoms with E-state index in [1.54, 1.807) is 0 Å². The summed E-state index contributed by atoms with van der Waals surface area (Å²) in [6.07, 6.45) is 0.645. The van der Waals surface area contributed by atoms with E-state index in [4.69, 9.17) is 4.74 Å². The van der Waals surface area contributed by atoms with Crippen LogP contribution in [-0.2, 0) is 7.05 Å². The van der Waals surface area contributed by atoms with Crippen molar-refractivity contribution in [2.45, 2.75) is 0 Å². The van der Waals surface area contributed by atoms with Gasteiger partial charge in [-0.25, -0.2) is 0 Å². The Morgan fingerprint density at radius 1 is 0.750 bits per heavy atom. The Hall–Kier alpha value is -2.57. The monoisotopic (exact) mass is 331 g/mol. The number of aryl methyl sites for hydroxylation is 1. The Kier molecular flexibility index (Phi) is 4.06. The van der Waals surface area contributed by atoms with Crippen molar-refractivity contribution in [2.24, 2.45) is 7.05 Å². The van der Waals surface area contributed by atoms with Crippen LogP contribution in [0.15, 0.2) is 78.9 Å². The quantitative estimate of drug-likeness (QED) is 0.339. The molecule has 4 rings (SSSR count). The van der Waals surface area contributed by atoms with Crippen LogP contribution < -0.4 is 4.74 Å². The van der Waals surface area contributed by atoms with Crippen LogP contribution in [0.25, 0.3) is 21.8 Å². The van der Waals surface area contributed by atoms with Gasteiger partial charge in [0.15, 0.2) is 0 Å². The van der Waals surface area contributed by atoms with Crippen LogP contribution in [-0.4, -0.2) is 10.9 Å². The van der Waals surface area contributed by atoms with E-state index in [9.17, 15) is 0 Å². The molecule has 24 heavy (non-hydrogen) atoms. The summed E-state index contributed by atoms with van der Waals surface area (Å²) in [4.78, 5) is 1.33. The normalized spacial score (nSPS) is 11.2. The SMILES string of the molecule is Cn1c2ccccc2c(=PCOc2ccccc2)c2ccccc21. The third-order valence-corrected chi connectivity index (χ3v) is 5.29. The lowest BCUT2D eigenvalue weighted by molar-refractivity contribution is 0.392. The van der Waals surface area contributed by atoms with Gasteiger partial charge in [-0.3, -0.25) is 0 Å². The Labute approximate surface area is 142 Å². The van der Waals surface area contributed by atoms with Crippen molar-refractivity contribution in [3.8, 4) is 5.75 Å². The highest BCUT2D eigenvalue weighted by molar-refractivity contribution is 7.29. The predicted octanol–water partition coefficient (Wildman–Crippen LogP) is 5.85. The lowest BCUT2D eigenvalue weighted by Gasteiger charge is -2.12. The van der Waals surface area contributed by atoms with Gasteiger partial charge in [0.25, 0.3) is 0 Å². The Morgan fingerprint density at radius 3 is 1.92 bits per heavy atom. The molecule has 0 aliphatic heterocycles. The number of ether oxygens (including phenoxy) is 1. The van der Waals surface area contributed by atoms with Crippen LogP contribution in [0, 0.1) is 4.94 Å². The summed E-state index contributed by atoms with van der Waals surface area (Å²) >= 11 is 0. The van der Waals surface area contributed by atoms with Gasteiger partial charge < -0.3 is 9.30 Å². The number of fused-ring (bicyclic) bond motifs is 2. The van der Waals surface area contributed by atoms with Crippen LogP contribution in [0.4, 0.5) is 0 Å². The van der Waals surface area contributed by atoms with Gasteiger partial charge in [-0.2, -0.15) is 0 Å². The number of benzene rings is 3. The molecular formula is C21H18NOP. The molecule has 1 heterocycles. The second-order valence-corrected chi connectivity index (χ2v) is 6.71. The molecule has 0 amide bonds. The minimum absolute atomic E-state index is 0.645. The molecule has 0 saturated carbocycles. The molecule has 1 aromatic heterocycles. The minimum Gasteiger partial charge on any atom is -0.485 e. The molecule has 0 aliphatic rings. The Balaban J connectivity index is 1.89. The third-order valence-electron chi connectivity index (χ3n) is 4.24. The number of pyridine rings is 1. The molecule has 2 nitrogen and oxygen atoms in total. The van der Waals surface area contributed by atoms with E-state index < -0.39 is 0 Å². The van der Waals surface area contributed by atoms with Crippen LogP contribution in [0.2, 0.25) is 0 Å². The van der Waals surface area contributed by atoms with Gasteiger partial charge in [0, 0.05) is 33.8 Å². The first-order valence-electron chi connectivity index (χ1n) is 7.99. The fraction of sp³-hybridized carbons (Fsp3) is 0.0952. The molecule has 0 aliphatic carbocycles. The van der Waals surface area contributed by atoms with Crippen molar-refractivity contribution in [2.75, 3.05) is 6.35 Å². The zero-order valence-corrected chi connectivity index (χ0v) is 14.4. The maximum absolute atomic E-state index is 5.92. The highest BCUT2D eigenvalue weighted by Crippen LogP contribution is 2.28. The Morgan fingerprint density at radius 2 is 1.29 bits per heavy atom. The fourth-order valence-electron chi connectivity index (χ4n) is 3.07. The van der Waals surface area contributed by atoms with Gasteiger partial charge in [-0.05, 0) is 24.3 Å². The van der Waals surface area contributed by atoms with E-state index in [1.165, 1.54) is 34.9 Å². The van der Waals surface area contributed by atoms with E-state index in [-0.39, 0.29) is 0 Å². The van der Waals surface area contributed by atoms with Crippen LogP contribution in [0.3, 0.4) is 0 Å². The minimum atomic E-state index is 0.645. The predicted molar refractivity (Wildman–Crippen MR) is 103 cm³/mol. The van der Waals surface area contributed by atoms with Crippen molar-refractivity contribution in [3.63, 3.8) is 0 Å². The summed E-state index contributed by atoms with van der Waals surface area (Å²) in [5.74, 6) is 0.917. The molecule has 0 bridgehead atoms. The Bertz CT molecular complexity index is 1010. The maximum Gasteiger partial charge on any atom is 0.130 e. The van der Waals surface area contributed by atoms with Gasteiger partial charge >= 0.3 is 0 Å². The largest absolute Gasteiger partial charge is 0.485 e. The van der Waals surface area contributed by atoms with Gasteiger partial charge in [-0.1, -0.05) is 62.8 Å². The summed E-state index contributed by atoms with van der Waals surface area (Å²) in [5, 5.41) is 2.58. The molecule has 0 radical (unpaired) electrons. The standard InChI is InChI=1S/C21H18NOP/c1-22-19-13-7-5-11-17(19)21(18-12-6-8-14-20(18)22)24-15-23-16-9-3-2-4-10-16/h2-14H,15H2,1H3. The van der Waals surface area contributed by atoms with Gasteiger partial charge in [0.2, 0.25) is 0 Å². The average molecular weight is 331 g/mol. The summed E-state index contributed by atoms with van der Waals surface area (Å²) in [5.41, 5.74) is 2.50. The van der Waals surface area contributed by atoms with Crippen molar-refractivity contribution in [1.29, 1.82) is 0 Å². The number of hydrogen-bond donors (Lipinski definition) is 0. The third kappa shape index (κ3) is 2.70. The highest BCUT2D eigenvalue weighted by Gasteiger charge is 2.05. The second kappa shape index (κ2) is 6.51. The zero-order valence-electron chi connectivity index (χ0n) is 13.5. The number of rotatable bonds is 3. The maximum atomic E-state index is 5.92. The molecule has 0 spiro atoms. The number of para-hydroxylation sites is 3. The lowest BCUT2D eigenvalue weighted by Crippen LogP contribution is -1.96. The molecule has 0 atom stereocenters. The summed E-state index contributed by atoms with van der Waals surface area (Å²) in [7, 11) is 3.30. The van der Waals surface area contributed by atoms with E-state index >= 15 is 0 Å². The molecule has 4 aromatic rings. The van der Waals surface area contributed by atoms with E-state index in [1.807, 2.05) is 30.3 Å². The average Bonchev–Trinajstić information content (AvgIpc) is 2.65. The molecular weight excluding hydrogens is 313 g/mol. The van der Waals surface area contributed by atoms with Crippen molar-refractivity contribution < 1.29 is 4.74 Å². The number of aromatic nitrogens is 1. The fourth-order valence-corrected chi connectivity index (χ4v) is 4.13. The number of nitrogens with zero attached hydrogens (tertiary/aromatic N) is 1. The van der Waals surface area contributed by atoms with Gasteiger partial charge in [0.1, 0.15) is 12.1 Å². The van der Waals surface area contributed by atoms with Crippen LogP contribution in [0.5, 0.6) is 5.75 Å². The molecule has 0 fully saturated rings. The van der Waals surface area contributed by atoms with Crippen LogP contribution >= 0.6 is 8.20 Å². The molecule has 0 unspecified atom stereocenters. The van der Waals surface area contributed by atoms with Gasteiger partial charge in [0.05, 0.1) is 0 Å². The summed E-state index contributed by atoms with van der Waals surface area (Å²) in [6.45, 7) is 0. The lowest BCUT2D eigenvalue weighted by atomic mass is 10.1. The topological polar surface area (TPSA) is 14.2 Å². The first kappa shape index (κ1) is 15.0.